The van der Waals surface area contributed by atoms with Crippen LogP contribution < -0.4 is 5.32 Å². The molecule has 1 heterocycles. The Morgan fingerprint density at radius 2 is 2.07 bits per heavy atom. The van der Waals surface area contributed by atoms with Crippen LogP contribution in [-0.4, -0.2) is 0 Å². The lowest BCUT2D eigenvalue weighted by Crippen LogP contribution is -1.95. The molecule has 0 aromatic heterocycles. The van der Waals surface area contributed by atoms with E-state index in [4.69, 9.17) is 0 Å². The topological polar surface area (TPSA) is 12.0 Å². The lowest BCUT2D eigenvalue weighted by atomic mass is 10.0. The second kappa shape index (κ2) is 2.85. The molecule has 1 nitrogen and oxygen atoms in total. The summed E-state index contributed by atoms with van der Waals surface area (Å²) >= 11 is 3.52. The zero-order valence-corrected chi connectivity index (χ0v) is 9.01. The minimum Gasteiger partial charge on any atom is -0.361 e. The highest BCUT2D eigenvalue weighted by molar-refractivity contribution is 9.10. The Kier molecular flexibility index (Phi) is 1.64. The largest absolute Gasteiger partial charge is 0.361 e. The summed E-state index contributed by atoms with van der Waals surface area (Å²) in [6.45, 7) is 0. The van der Waals surface area contributed by atoms with E-state index in [0.29, 0.717) is 0 Å². The van der Waals surface area contributed by atoms with Crippen LogP contribution in [0.3, 0.4) is 0 Å². The van der Waals surface area contributed by atoms with Gasteiger partial charge in [0.2, 0.25) is 0 Å². The molecule has 68 valence electrons. The molecule has 2 aromatic rings. The Balaban J connectivity index is 2.53. The molecule has 2 aromatic carbocycles. The predicted molar refractivity (Wildman–Crippen MR) is 64.3 cm³/mol. The van der Waals surface area contributed by atoms with E-state index in [-0.39, 0.29) is 0 Å². The van der Waals surface area contributed by atoms with Gasteiger partial charge in [0.25, 0.3) is 0 Å². The molecule has 0 atom stereocenters. The molecular weight excluding hydrogens is 238 g/mol. The monoisotopic (exact) mass is 245 g/mol. The number of rotatable bonds is 0. The highest BCUT2D eigenvalue weighted by atomic mass is 79.9. The van der Waals surface area contributed by atoms with E-state index in [1.54, 1.807) is 0 Å². The fourth-order valence-electron chi connectivity index (χ4n) is 1.90. The smallest absolute Gasteiger partial charge is 0.0465 e. The van der Waals surface area contributed by atoms with Gasteiger partial charge in [-0.2, -0.15) is 0 Å². The normalized spacial score (nSPS) is 12.9. The number of hydrogen-bond acceptors (Lipinski definition) is 1. The van der Waals surface area contributed by atoms with Crippen LogP contribution in [0, 0.1) is 0 Å². The van der Waals surface area contributed by atoms with Crippen molar-refractivity contribution in [2.75, 3.05) is 5.32 Å². The van der Waals surface area contributed by atoms with Crippen LogP contribution in [-0.2, 0) is 0 Å². The van der Waals surface area contributed by atoms with Crippen molar-refractivity contribution in [3.05, 3.63) is 46.6 Å². The zero-order valence-electron chi connectivity index (χ0n) is 7.42. The van der Waals surface area contributed by atoms with E-state index in [2.05, 4.69) is 57.7 Å². The maximum atomic E-state index is 3.52. The summed E-state index contributed by atoms with van der Waals surface area (Å²) in [7, 11) is 0. The van der Waals surface area contributed by atoms with Gasteiger partial charge in [-0.3, -0.25) is 0 Å². The molecule has 14 heavy (non-hydrogen) atoms. The molecule has 0 bridgehead atoms. The molecular formula is C12H8BrN. The molecule has 0 spiro atoms. The minimum absolute atomic E-state index is 1.13. The highest BCUT2D eigenvalue weighted by Crippen LogP contribution is 2.33. The summed E-state index contributed by atoms with van der Waals surface area (Å²) in [5.41, 5.74) is 2.45. The Morgan fingerprint density at radius 3 is 3.00 bits per heavy atom. The molecule has 0 saturated carbocycles. The molecule has 1 aliphatic heterocycles. The van der Waals surface area contributed by atoms with Crippen LogP contribution in [0.5, 0.6) is 0 Å². The molecule has 1 N–H and O–H groups in total. The van der Waals surface area contributed by atoms with Crippen molar-refractivity contribution in [2.45, 2.75) is 0 Å². The van der Waals surface area contributed by atoms with E-state index in [0.717, 1.165) is 4.47 Å². The Morgan fingerprint density at radius 1 is 1.14 bits per heavy atom. The second-order valence-electron chi connectivity index (χ2n) is 3.38. The maximum absolute atomic E-state index is 3.52. The highest BCUT2D eigenvalue weighted by Gasteiger charge is 2.08. The molecule has 0 radical (unpaired) electrons. The summed E-state index contributed by atoms with van der Waals surface area (Å²) in [5, 5.41) is 5.82. The van der Waals surface area contributed by atoms with Gasteiger partial charge in [0.1, 0.15) is 0 Å². The molecule has 0 unspecified atom stereocenters. The zero-order chi connectivity index (χ0) is 9.54. The van der Waals surface area contributed by atoms with Gasteiger partial charge in [0.15, 0.2) is 0 Å². The van der Waals surface area contributed by atoms with Crippen molar-refractivity contribution in [1.29, 1.82) is 0 Å². The molecule has 0 amide bonds. The van der Waals surface area contributed by atoms with Gasteiger partial charge in [-0.1, -0.05) is 28.1 Å². The molecule has 0 fully saturated rings. The average molecular weight is 246 g/mol. The maximum Gasteiger partial charge on any atom is 0.0465 e. The molecule has 0 saturated heterocycles. The number of benzene rings is 2. The summed E-state index contributed by atoms with van der Waals surface area (Å²) in [4.78, 5) is 0. The third-order valence-corrected chi connectivity index (χ3v) is 2.93. The van der Waals surface area contributed by atoms with Crippen molar-refractivity contribution in [1.82, 2.24) is 0 Å². The van der Waals surface area contributed by atoms with Crippen LogP contribution in [0.4, 0.5) is 5.69 Å². The van der Waals surface area contributed by atoms with E-state index < -0.39 is 0 Å². The lowest BCUT2D eigenvalue weighted by molar-refractivity contribution is 1.57. The standard InChI is InChI=1S/C12H8BrN/c13-10-6-8-2-1-3-11-12(8)9(7-10)4-5-14-11/h1-7,14H. The molecule has 2 heteroatoms. The van der Waals surface area contributed by atoms with Crippen molar-refractivity contribution in [2.24, 2.45) is 0 Å². The van der Waals surface area contributed by atoms with Gasteiger partial charge in [-0.15, -0.1) is 0 Å². The van der Waals surface area contributed by atoms with Crippen molar-refractivity contribution in [3.8, 4) is 0 Å². The number of halogens is 1. The summed E-state index contributed by atoms with van der Waals surface area (Å²) in [5.74, 6) is 0. The van der Waals surface area contributed by atoms with Gasteiger partial charge < -0.3 is 5.32 Å². The Bertz CT molecular complexity index is 543. The summed E-state index contributed by atoms with van der Waals surface area (Å²) in [6.07, 6.45) is 4.07. The molecule has 1 aliphatic rings. The summed E-state index contributed by atoms with van der Waals surface area (Å²) < 4.78 is 1.13. The quantitative estimate of drug-likeness (QED) is 0.740. The van der Waals surface area contributed by atoms with Crippen LogP contribution in [0.15, 0.2) is 41.0 Å². The fraction of sp³-hybridized carbons (Fsp3) is 0. The van der Waals surface area contributed by atoms with E-state index in [1.807, 2.05) is 6.20 Å². The molecule has 3 rings (SSSR count). The van der Waals surface area contributed by atoms with Crippen LogP contribution in [0.1, 0.15) is 5.56 Å². The van der Waals surface area contributed by atoms with Crippen LogP contribution >= 0.6 is 15.9 Å². The van der Waals surface area contributed by atoms with Crippen LogP contribution in [0.25, 0.3) is 16.8 Å². The third-order valence-electron chi connectivity index (χ3n) is 2.47. The van der Waals surface area contributed by atoms with E-state index >= 15 is 0 Å². The predicted octanol–water partition coefficient (Wildman–Crippen LogP) is 4.00. The first-order chi connectivity index (χ1) is 6.84. The lowest BCUT2D eigenvalue weighted by Gasteiger charge is -2.14. The van der Waals surface area contributed by atoms with Gasteiger partial charge in [0.05, 0.1) is 0 Å². The number of hydrogen-bond donors (Lipinski definition) is 1. The number of nitrogens with one attached hydrogen (secondary N) is 1. The first-order valence-electron chi connectivity index (χ1n) is 4.50. The van der Waals surface area contributed by atoms with Gasteiger partial charge >= 0.3 is 0 Å². The van der Waals surface area contributed by atoms with Gasteiger partial charge in [-0.05, 0) is 35.2 Å². The average Bonchev–Trinajstić information content (AvgIpc) is 2.18. The van der Waals surface area contributed by atoms with E-state index in [9.17, 15) is 0 Å². The van der Waals surface area contributed by atoms with Gasteiger partial charge in [-0.25, -0.2) is 0 Å². The Hall–Kier alpha value is -1.28. The van der Waals surface area contributed by atoms with Crippen LogP contribution in [0.2, 0.25) is 0 Å². The van der Waals surface area contributed by atoms with Crippen molar-refractivity contribution < 1.29 is 0 Å². The summed E-state index contributed by atoms with van der Waals surface area (Å²) in [6, 6.07) is 10.6. The fourth-order valence-corrected chi connectivity index (χ4v) is 2.39. The minimum atomic E-state index is 1.13. The SMILES string of the molecule is Brc1cc2c3c(cccc3c1)NC=C2. The number of anilines is 1. The van der Waals surface area contributed by atoms with Gasteiger partial charge in [0, 0.05) is 21.7 Å². The first kappa shape index (κ1) is 8.06. The third kappa shape index (κ3) is 1.07. The van der Waals surface area contributed by atoms with Crippen molar-refractivity contribution in [3.63, 3.8) is 0 Å². The van der Waals surface area contributed by atoms with E-state index in [1.165, 1.54) is 22.0 Å². The van der Waals surface area contributed by atoms with Crippen molar-refractivity contribution >= 4 is 38.5 Å². The molecule has 0 aliphatic carbocycles. The first-order valence-corrected chi connectivity index (χ1v) is 5.29. The second-order valence-corrected chi connectivity index (χ2v) is 4.29. The Labute approximate surface area is 90.6 Å².